The van der Waals surface area contributed by atoms with Crippen LogP contribution >= 0.6 is 11.6 Å². The number of hydrogen-bond donors (Lipinski definition) is 2. The van der Waals surface area contributed by atoms with Gasteiger partial charge < -0.3 is 25.0 Å². The largest absolute Gasteiger partial charge is 0.497 e. The second kappa shape index (κ2) is 12.6. The van der Waals surface area contributed by atoms with Crippen LogP contribution in [-0.4, -0.2) is 75.4 Å². The van der Waals surface area contributed by atoms with Crippen molar-refractivity contribution >= 4 is 29.2 Å². The third kappa shape index (κ3) is 6.02. The number of benzene rings is 2. The molecule has 0 bridgehead atoms. The zero-order chi connectivity index (χ0) is 30.8. The number of carbonyl (C=O) groups is 2. The van der Waals surface area contributed by atoms with Crippen LogP contribution in [0.25, 0.3) is 11.1 Å². The highest BCUT2D eigenvalue weighted by molar-refractivity contribution is 6.33. The number of fused-ring (bicyclic) bond motifs is 1. The molecule has 1 atom stereocenters. The summed E-state index contributed by atoms with van der Waals surface area (Å²) in [6.45, 7) is 1.89. The Labute approximate surface area is 252 Å². The van der Waals surface area contributed by atoms with Gasteiger partial charge in [-0.3, -0.25) is 18.7 Å². The van der Waals surface area contributed by atoms with Crippen LogP contribution in [-0.2, 0) is 17.8 Å². The summed E-state index contributed by atoms with van der Waals surface area (Å²) in [5, 5.41) is 12.4. The van der Waals surface area contributed by atoms with E-state index in [1.165, 1.54) is 25.3 Å². The van der Waals surface area contributed by atoms with Gasteiger partial charge in [0.2, 0.25) is 5.91 Å². The number of nitrogens with zero attached hydrogens (tertiary/aromatic N) is 4. The first kappa shape index (κ1) is 30.3. The Morgan fingerprint density at radius 1 is 1.14 bits per heavy atom. The predicted octanol–water partition coefficient (Wildman–Crippen LogP) is 3.11. The van der Waals surface area contributed by atoms with Crippen LogP contribution in [0.1, 0.15) is 31.4 Å². The lowest BCUT2D eigenvalue weighted by molar-refractivity contribution is -0.133. The summed E-state index contributed by atoms with van der Waals surface area (Å²) >= 11 is 6.15. The van der Waals surface area contributed by atoms with E-state index in [4.69, 9.17) is 16.3 Å². The molecule has 3 heterocycles. The second-order valence-electron chi connectivity index (χ2n) is 10.8. The van der Waals surface area contributed by atoms with Gasteiger partial charge >= 0.3 is 11.7 Å². The van der Waals surface area contributed by atoms with Crippen LogP contribution in [0.3, 0.4) is 0 Å². The summed E-state index contributed by atoms with van der Waals surface area (Å²) in [6.07, 6.45) is 2.98. The molecule has 1 saturated heterocycles. The highest BCUT2D eigenvalue weighted by Gasteiger charge is 2.32. The first-order valence-corrected chi connectivity index (χ1v) is 14.4. The van der Waals surface area contributed by atoms with E-state index in [1.54, 1.807) is 23.0 Å². The Morgan fingerprint density at radius 2 is 1.88 bits per heavy atom. The molecule has 228 valence electrons. The van der Waals surface area contributed by atoms with Crippen LogP contribution in [0.2, 0.25) is 5.02 Å². The summed E-state index contributed by atoms with van der Waals surface area (Å²) in [5.41, 5.74) is 0.222. The smallest absolute Gasteiger partial charge is 0.331 e. The number of anilines is 1. The average molecular weight is 614 g/mol. The van der Waals surface area contributed by atoms with Crippen molar-refractivity contribution in [1.29, 1.82) is 0 Å². The van der Waals surface area contributed by atoms with E-state index in [1.807, 2.05) is 12.1 Å². The lowest BCUT2D eigenvalue weighted by Crippen LogP contribution is -2.51. The van der Waals surface area contributed by atoms with Gasteiger partial charge in [-0.1, -0.05) is 23.7 Å². The second-order valence-corrected chi connectivity index (χ2v) is 11.1. The zero-order valence-corrected chi connectivity index (χ0v) is 24.6. The maximum atomic E-state index is 14.2. The first-order chi connectivity index (χ1) is 20.6. The van der Waals surface area contributed by atoms with Gasteiger partial charge in [0.25, 0.3) is 5.56 Å². The highest BCUT2D eigenvalue weighted by atomic mass is 35.5. The molecule has 1 fully saturated rings. The number of ether oxygens (including phenoxy) is 1. The lowest BCUT2D eigenvalue weighted by atomic mass is 10.0. The van der Waals surface area contributed by atoms with E-state index < -0.39 is 29.7 Å². The molecule has 0 spiro atoms. The molecule has 3 aromatic rings. The first-order valence-electron chi connectivity index (χ1n) is 14.1. The fraction of sp³-hybridized carbons (Fsp3) is 0.400. The van der Waals surface area contributed by atoms with E-state index in [2.05, 4.69) is 5.32 Å². The van der Waals surface area contributed by atoms with Crippen molar-refractivity contribution in [1.82, 2.24) is 18.9 Å². The third-order valence-electron chi connectivity index (χ3n) is 8.13. The number of carbonyl (C=O) groups excluding carboxylic acids is 2. The monoisotopic (exact) mass is 613 g/mol. The third-order valence-corrected chi connectivity index (χ3v) is 8.52. The van der Waals surface area contributed by atoms with E-state index in [9.17, 15) is 28.7 Å². The number of aromatic nitrogens is 2. The van der Waals surface area contributed by atoms with Crippen molar-refractivity contribution in [3.63, 3.8) is 0 Å². The Bertz CT molecular complexity index is 1670. The van der Waals surface area contributed by atoms with Gasteiger partial charge in [-0.25, -0.2) is 14.0 Å². The van der Waals surface area contributed by atoms with Crippen molar-refractivity contribution in [3.05, 3.63) is 79.8 Å². The number of piperidine rings is 1. The zero-order valence-electron chi connectivity index (χ0n) is 23.9. The fourth-order valence-electron chi connectivity index (χ4n) is 5.68. The Kier molecular flexibility index (Phi) is 8.88. The predicted molar refractivity (Wildman–Crippen MR) is 159 cm³/mol. The number of amides is 3. The number of rotatable bonds is 7. The molecule has 5 rings (SSSR count). The van der Waals surface area contributed by atoms with Crippen molar-refractivity contribution < 1.29 is 23.8 Å². The topological polar surface area (TPSA) is 126 Å². The number of nitrogens with one attached hydrogen (secondary N) is 1. The molecule has 0 unspecified atom stereocenters. The van der Waals surface area contributed by atoms with Crippen LogP contribution in [0.15, 0.2) is 52.2 Å². The summed E-state index contributed by atoms with van der Waals surface area (Å²) in [7, 11) is 1.60. The minimum absolute atomic E-state index is 0.0679. The van der Waals surface area contributed by atoms with E-state index >= 15 is 0 Å². The van der Waals surface area contributed by atoms with Gasteiger partial charge in [0.15, 0.2) is 0 Å². The number of aliphatic hydroxyl groups is 1. The molecule has 0 saturated carbocycles. The van der Waals surface area contributed by atoms with Gasteiger partial charge in [0, 0.05) is 43.1 Å². The van der Waals surface area contributed by atoms with Crippen molar-refractivity contribution in [2.24, 2.45) is 0 Å². The summed E-state index contributed by atoms with van der Waals surface area (Å²) < 4.78 is 21.5. The fourth-order valence-corrected chi connectivity index (χ4v) is 5.91. The lowest BCUT2D eigenvalue weighted by Gasteiger charge is -2.38. The minimum atomic E-state index is -0.892. The minimum Gasteiger partial charge on any atom is -0.497 e. The summed E-state index contributed by atoms with van der Waals surface area (Å²) in [4.78, 5) is 56.4. The van der Waals surface area contributed by atoms with E-state index in [0.29, 0.717) is 38.9 Å². The maximum absolute atomic E-state index is 14.2. The average Bonchev–Trinajstić information content (AvgIpc) is 3.17. The van der Waals surface area contributed by atoms with Crippen molar-refractivity contribution in [2.45, 2.75) is 44.8 Å². The van der Waals surface area contributed by atoms with Crippen LogP contribution in [0.4, 0.5) is 14.9 Å². The molecule has 0 aliphatic carbocycles. The number of aliphatic hydroxyl groups excluding tert-OH is 1. The Morgan fingerprint density at radius 3 is 2.58 bits per heavy atom. The molecule has 2 aromatic carbocycles. The van der Waals surface area contributed by atoms with Crippen molar-refractivity contribution in [2.75, 3.05) is 38.7 Å². The number of methoxy groups -OCH3 is 1. The normalized spacial score (nSPS) is 16.3. The highest BCUT2D eigenvalue weighted by Crippen LogP contribution is 2.29. The van der Waals surface area contributed by atoms with Crippen LogP contribution in [0.5, 0.6) is 5.75 Å². The quantitative estimate of drug-likeness (QED) is 0.422. The van der Waals surface area contributed by atoms with Gasteiger partial charge in [0.05, 0.1) is 30.3 Å². The molecule has 43 heavy (non-hydrogen) atoms. The Hall–Kier alpha value is -4.16. The molecular weight excluding hydrogens is 581 g/mol. The van der Waals surface area contributed by atoms with E-state index in [0.717, 1.165) is 32.2 Å². The van der Waals surface area contributed by atoms with Crippen LogP contribution < -0.4 is 21.3 Å². The molecule has 2 N–H and O–H groups in total. The number of halogens is 2. The molecular formula is C30H33ClFN5O6. The number of hydrogen-bond acceptors (Lipinski definition) is 6. The molecule has 3 amide bonds. The standard InChI is InChI=1S/C30H33ClFN5O6/c1-18(17-38)37-28(40)23(22-4-3-5-24(32)27(22)31)15-35(30(37)42)16-26(39)34-11-9-20(10-12-34)36-13-8-19-14-21(43-2)6-7-25(19)33-29(36)41/h3-7,14-15,18,20,38H,8-13,16-17H2,1-2H3,(H,33,41)/t18-/m0/s1. The SMILES string of the molecule is COc1ccc2c(c1)CCN(C1CCN(C(=O)Cn3cc(-c4cccc(F)c4Cl)c(=O)n([C@@H](C)CO)c3=O)CC1)C(=O)N2. The van der Waals surface area contributed by atoms with Gasteiger partial charge in [0.1, 0.15) is 18.1 Å². The molecule has 2 aliphatic rings. The molecule has 11 nitrogen and oxygen atoms in total. The number of urea groups is 1. The van der Waals surface area contributed by atoms with Crippen LogP contribution in [0, 0.1) is 5.82 Å². The molecule has 2 aliphatic heterocycles. The Balaban J connectivity index is 1.32. The number of likely N-dealkylation sites (tertiary alicyclic amines) is 1. The summed E-state index contributed by atoms with van der Waals surface area (Å²) in [5.74, 6) is -0.364. The van der Waals surface area contributed by atoms with Gasteiger partial charge in [-0.2, -0.15) is 0 Å². The van der Waals surface area contributed by atoms with E-state index in [-0.39, 0.29) is 40.7 Å². The maximum Gasteiger partial charge on any atom is 0.331 e. The summed E-state index contributed by atoms with van der Waals surface area (Å²) in [6, 6.07) is 8.38. The molecule has 1 aromatic heterocycles. The molecule has 13 heteroatoms. The van der Waals surface area contributed by atoms with Gasteiger partial charge in [-0.15, -0.1) is 0 Å². The van der Waals surface area contributed by atoms with Crippen molar-refractivity contribution in [3.8, 4) is 16.9 Å². The van der Waals surface area contributed by atoms with Gasteiger partial charge in [-0.05, 0) is 56.0 Å². The molecule has 0 radical (unpaired) electrons.